The van der Waals surface area contributed by atoms with Crippen LogP contribution in [0.4, 0.5) is 0 Å². The number of rotatable bonds is 9. The van der Waals surface area contributed by atoms with Gasteiger partial charge in [-0.2, -0.15) is 0 Å². The summed E-state index contributed by atoms with van der Waals surface area (Å²) < 4.78 is 5.00. The molecule has 18 heavy (non-hydrogen) atoms. The number of esters is 1. The van der Waals surface area contributed by atoms with E-state index in [0.717, 1.165) is 45.4 Å². The summed E-state index contributed by atoms with van der Waals surface area (Å²) in [6, 6.07) is 0. The molecule has 1 rings (SSSR count). The second kappa shape index (κ2) is 7.10. The number of methoxy groups -OCH3 is 1. The first-order valence-corrected chi connectivity index (χ1v) is 7.20. The van der Waals surface area contributed by atoms with Gasteiger partial charge in [-0.3, -0.25) is 4.79 Å². The number of nitrogens with one attached hydrogen (secondary N) is 1. The lowest BCUT2D eigenvalue weighted by atomic mass is 9.90. The van der Waals surface area contributed by atoms with Crippen molar-refractivity contribution in [3.8, 4) is 0 Å². The van der Waals surface area contributed by atoms with Crippen molar-refractivity contribution in [3.63, 3.8) is 0 Å². The second-order valence-electron chi connectivity index (χ2n) is 5.04. The Morgan fingerprint density at radius 1 is 1.33 bits per heavy atom. The molecule has 106 valence electrons. The quantitative estimate of drug-likeness (QED) is 0.637. The van der Waals surface area contributed by atoms with E-state index in [2.05, 4.69) is 31.0 Å². The normalized spacial score (nSPS) is 18.7. The van der Waals surface area contributed by atoms with Gasteiger partial charge in [0.1, 0.15) is 5.54 Å². The van der Waals surface area contributed by atoms with Crippen LogP contribution in [0.1, 0.15) is 40.0 Å². The molecule has 0 saturated heterocycles. The standard InChI is InChI=1S/C14H28N2O2/c1-5-14(12-8-9-12,13(17)18-4)15-10-11-16(6-2)7-3/h12,15H,5-11H2,1-4H3. The summed E-state index contributed by atoms with van der Waals surface area (Å²) in [7, 11) is 1.49. The molecule has 0 aromatic carbocycles. The summed E-state index contributed by atoms with van der Waals surface area (Å²) in [6.45, 7) is 10.3. The van der Waals surface area contributed by atoms with Gasteiger partial charge in [-0.15, -0.1) is 0 Å². The third-order valence-electron chi connectivity index (χ3n) is 4.14. The molecule has 0 bridgehead atoms. The maximum Gasteiger partial charge on any atom is 0.326 e. The Labute approximate surface area is 111 Å². The van der Waals surface area contributed by atoms with Crippen LogP contribution in [0.5, 0.6) is 0 Å². The van der Waals surface area contributed by atoms with E-state index in [0.29, 0.717) is 5.92 Å². The molecular weight excluding hydrogens is 228 g/mol. The maximum atomic E-state index is 12.1. The second-order valence-corrected chi connectivity index (χ2v) is 5.04. The molecule has 1 unspecified atom stereocenters. The van der Waals surface area contributed by atoms with Crippen molar-refractivity contribution < 1.29 is 9.53 Å². The third kappa shape index (κ3) is 3.45. The lowest BCUT2D eigenvalue weighted by molar-refractivity contribution is -0.150. The fraction of sp³-hybridized carbons (Fsp3) is 0.929. The van der Waals surface area contributed by atoms with Gasteiger partial charge in [-0.25, -0.2) is 0 Å². The smallest absolute Gasteiger partial charge is 0.326 e. The summed E-state index contributed by atoms with van der Waals surface area (Å²) >= 11 is 0. The number of carbonyl (C=O) groups excluding carboxylic acids is 1. The Morgan fingerprint density at radius 3 is 2.33 bits per heavy atom. The van der Waals surface area contributed by atoms with E-state index in [4.69, 9.17) is 4.74 Å². The highest BCUT2D eigenvalue weighted by Gasteiger charge is 2.50. The Hall–Kier alpha value is -0.610. The minimum Gasteiger partial charge on any atom is -0.468 e. The van der Waals surface area contributed by atoms with Crippen molar-refractivity contribution in [2.24, 2.45) is 5.92 Å². The molecular formula is C14H28N2O2. The van der Waals surface area contributed by atoms with Gasteiger partial charge in [0, 0.05) is 13.1 Å². The monoisotopic (exact) mass is 256 g/mol. The first-order valence-electron chi connectivity index (χ1n) is 7.20. The zero-order valence-corrected chi connectivity index (χ0v) is 12.3. The van der Waals surface area contributed by atoms with Crippen LogP contribution in [-0.2, 0) is 9.53 Å². The Bertz CT molecular complexity index is 263. The molecule has 1 aliphatic carbocycles. The number of likely N-dealkylation sites (N-methyl/N-ethyl adjacent to an activating group) is 1. The number of hydrogen-bond acceptors (Lipinski definition) is 4. The van der Waals surface area contributed by atoms with E-state index in [9.17, 15) is 4.79 Å². The average molecular weight is 256 g/mol. The van der Waals surface area contributed by atoms with Gasteiger partial charge < -0.3 is 15.0 Å². The summed E-state index contributed by atoms with van der Waals surface area (Å²) in [5.41, 5.74) is -0.443. The first-order chi connectivity index (χ1) is 8.64. The summed E-state index contributed by atoms with van der Waals surface area (Å²) in [5.74, 6) is 0.374. The van der Waals surface area contributed by atoms with Crippen LogP contribution in [0.15, 0.2) is 0 Å². The molecule has 0 aromatic heterocycles. The van der Waals surface area contributed by atoms with Crippen molar-refractivity contribution >= 4 is 5.97 Å². The lowest BCUT2D eigenvalue weighted by Gasteiger charge is -2.32. The molecule has 0 radical (unpaired) electrons. The molecule has 1 atom stereocenters. The van der Waals surface area contributed by atoms with E-state index in [1.165, 1.54) is 7.11 Å². The minimum absolute atomic E-state index is 0.0907. The molecule has 4 heteroatoms. The molecule has 1 aliphatic rings. The lowest BCUT2D eigenvalue weighted by Crippen LogP contribution is -2.55. The number of nitrogens with zero attached hydrogens (tertiary/aromatic N) is 1. The van der Waals surface area contributed by atoms with Crippen LogP contribution in [0.2, 0.25) is 0 Å². The van der Waals surface area contributed by atoms with Crippen LogP contribution in [0, 0.1) is 5.92 Å². The fourth-order valence-electron chi connectivity index (χ4n) is 2.68. The summed E-state index contributed by atoms with van der Waals surface area (Å²) in [4.78, 5) is 14.4. The topological polar surface area (TPSA) is 41.6 Å². The van der Waals surface area contributed by atoms with E-state index in [1.807, 2.05) is 0 Å². The van der Waals surface area contributed by atoms with Crippen LogP contribution in [0.3, 0.4) is 0 Å². The molecule has 0 aliphatic heterocycles. The molecule has 0 amide bonds. The highest BCUT2D eigenvalue weighted by molar-refractivity contribution is 5.81. The van der Waals surface area contributed by atoms with E-state index >= 15 is 0 Å². The van der Waals surface area contributed by atoms with Gasteiger partial charge in [0.05, 0.1) is 7.11 Å². The van der Waals surface area contributed by atoms with Gasteiger partial charge in [-0.05, 0) is 38.3 Å². The molecule has 1 saturated carbocycles. The van der Waals surface area contributed by atoms with Crippen LogP contribution in [-0.4, -0.2) is 49.7 Å². The summed E-state index contributed by atoms with van der Waals surface area (Å²) in [6.07, 6.45) is 3.09. The minimum atomic E-state index is -0.443. The highest BCUT2D eigenvalue weighted by Crippen LogP contribution is 2.42. The SMILES string of the molecule is CCN(CC)CCNC(CC)(C(=O)OC)C1CC1. The molecule has 0 aromatic rings. The predicted molar refractivity (Wildman–Crippen MR) is 73.6 cm³/mol. The molecule has 0 heterocycles. The third-order valence-corrected chi connectivity index (χ3v) is 4.14. The fourth-order valence-corrected chi connectivity index (χ4v) is 2.68. The van der Waals surface area contributed by atoms with Crippen molar-refractivity contribution in [1.82, 2.24) is 10.2 Å². The molecule has 4 nitrogen and oxygen atoms in total. The molecule has 1 fully saturated rings. The Morgan fingerprint density at radius 2 is 1.94 bits per heavy atom. The van der Waals surface area contributed by atoms with Gasteiger partial charge in [-0.1, -0.05) is 20.8 Å². The Kier molecular flexibility index (Phi) is 6.09. The molecule has 1 N–H and O–H groups in total. The van der Waals surface area contributed by atoms with E-state index in [1.54, 1.807) is 0 Å². The summed E-state index contributed by atoms with van der Waals surface area (Å²) in [5, 5.41) is 3.48. The highest BCUT2D eigenvalue weighted by atomic mass is 16.5. The van der Waals surface area contributed by atoms with Crippen LogP contribution in [0.25, 0.3) is 0 Å². The van der Waals surface area contributed by atoms with Crippen LogP contribution >= 0.6 is 0 Å². The van der Waals surface area contributed by atoms with E-state index in [-0.39, 0.29) is 5.97 Å². The van der Waals surface area contributed by atoms with Gasteiger partial charge in [0.15, 0.2) is 0 Å². The predicted octanol–water partition coefficient (Wildman–Crippen LogP) is 1.65. The van der Waals surface area contributed by atoms with Gasteiger partial charge in [0.2, 0.25) is 0 Å². The zero-order chi connectivity index (χ0) is 13.6. The van der Waals surface area contributed by atoms with Gasteiger partial charge in [0.25, 0.3) is 0 Å². The first kappa shape index (κ1) is 15.4. The van der Waals surface area contributed by atoms with Crippen molar-refractivity contribution in [3.05, 3.63) is 0 Å². The number of carbonyl (C=O) groups is 1. The maximum absolute atomic E-state index is 12.1. The zero-order valence-electron chi connectivity index (χ0n) is 12.3. The van der Waals surface area contributed by atoms with Crippen LogP contribution < -0.4 is 5.32 Å². The number of ether oxygens (including phenoxy) is 1. The Balaban J connectivity index is 2.54. The largest absolute Gasteiger partial charge is 0.468 e. The van der Waals surface area contributed by atoms with Crippen molar-refractivity contribution in [2.45, 2.75) is 45.6 Å². The van der Waals surface area contributed by atoms with Crippen molar-refractivity contribution in [1.29, 1.82) is 0 Å². The van der Waals surface area contributed by atoms with Gasteiger partial charge >= 0.3 is 5.97 Å². The van der Waals surface area contributed by atoms with E-state index < -0.39 is 5.54 Å². The van der Waals surface area contributed by atoms with Crippen molar-refractivity contribution in [2.75, 3.05) is 33.3 Å². The molecule has 0 spiro atoms. The number of hydrogen-bond donors (Lipinski definition) is 1. The average Bonchev–Trinajstić information content (AvgIpc) is 3.23.